The number of fused-ring (bicyclic) bond motifs is 2. The molecule has 10 heteroatoms. The maximum atomic E-state index is 13.9. The second-order valence-electron chi connectivity index (χ2n) is 9.97. The molecule has 40 heavy (non-hydrogen) atoms. The molecule has 2 amide bonds. The zero-order valence-electron chi connectivity index (χ0n) is 21.4. The number of carbonyl (C=O) groups is 2. The van der Waals surface area contributed by atoms with Crippen molar-refractivity contribution in [3.05, 3.63) is 89.7 Å². The van der Waals surface area contributed by atoms with Gasteiger partial charge in [0.1, 0.15) is 18.2 Å². The van der Waals surface area contributed by atoms with Crippen molar-refractivity contribution < 1.29 is 23.5 Å². The van der Waals surface area contributed by atoms with Gasteiger partial charge < -0.3 is 14.8 Å². The zero-order valence-corrected chi connectivity index (χ0v) is 22.2. The molecule has 7 rings (SSSR count). The average Bonchev–Trinajstić information content (AvgIpc) is 3.54. The van der Waals surface area contributed by atoms with Gasteiger partial charge >= 0.3 is 0 Å². The highest BCUT2D eigenvalue weighted by atomic mass is 32.2. The van der Waals surface area contributed by atoms with Gasteiger partial charge in [-0.05, 0) is 54.8 Å². The number of amides is 2. The molecule has 1 fully saturated rings. The number of benzene rings is 3. The molecule has 1 unspecified atom stereocenters. The van der Waals surface area contributed by atoms with Crippen LogP contribution in [0.5, 0.6) is 11.5 Å². The molecule has 3 aliphatic rings. The van der Waals surface area contributed by atoms with Crippen molar-refractivity contribution in [3.63, 3.8) is 0 Å². The predicted octanol–water partition coefficient (Wildman–Crippen LogP) is 4.85. The smallest absolute Gasteiger partial charge is 0.240 e. The summed E-state index contributed by atoms with van der Waals surface area (Å²) in [5.41, 5.74) is 3.84. The topological polar surface area (TPSA) is 85.7 Å². The van der Waals surface area contributed by atoms with Gasteiger partial charge in [-0.15, -0.1) is 11.8 Å². The highest BCUT2D eigenvalue weighted by molar-refractivity contribution is 8.00. The van der Waals surface area contributed by atoms with Crippen LogP contribution in [-0.4, -0.2) is 46.7 Å². The summed E-state index contributed by atoms with van der Waals surface area (Å²) in [6.45, 7) is 0.0137. The molecule has 0 spiro atoms. The van der Waals surface area contributed by atoms with E-state index >= 15 is 0 Å². The fourth-order valence-corrected chi connectivity index (χ4v) is 6.26. The lowest BCUT2D eigenvalue weighted by molar-refractivity contribution is -0.123. The van der Waals surface area contributed by atoms with E-state index in [0.717, 1.165) is 29.5 Å². The van der Waals surface area contributed by atoms with Crippen molar-refractivity contribution in [3.8, 4) is 28.4 Å². The molecule has 202 valence electrons. The fraction of sp³-hybridized carbons (Fsp3) is 0.233. The Hall–Kier alpha value is -4.31. The summed E-state index contributed by atoms with van der Waals surface area (Å²) < 4.78 is 26.8. The van der Waals surface area contributed by atoms with Gasteiger partial charge in [0.25, 0.3) is 0 Å². The molecule has 1 saturated carbocycles. The first-order valence-electron chi connectivity index (χ1n) is 13.1. The third kappa shape index (κ3) is 4.58. The maximum absolute atomic E-state index is 13.9. The van der Waals surface area contributed by atoms with Gasteiger partial charge in [-0.1, -0.05) is 36.4 Å². The highest BCUT2D eigenvalue weighted by Gasteiger charge is 2.38. The Balaban J connectivity index is 1.45. The number of carbonyl (C=O) groups excluding carboxylic acids is 2. The summed E-state index contributed by atoms with van der Waals surface area (Å²) in [6, 6.07) is 21.6. The second-order valence-corrected chi connectivity index (χ2v) is 11.1. The van der Waals surface area contributed by atoms with E-state index in [0.29, 0.717) is 28.7 Å². The van der Waals surface area contributed by atoms with Crippen molar-refractivity contribution in [2.45, 2.75) is 24.1 Å². The van der Waals surface area contributed by atoms with Gasteiger partial charge in [-0.2, -0.15) is 5.10 Å². The molecule has 3 aromatic carbocycles. The second kappa shape index (κ2) is 10.0. The predicted molar refractivity (Wildman–Crippen MR) is 149 cm³/mol. The Morgan fingerprint density at radius 1 is 1.02 bits per heavy atom. The standard InChI is InChI=1S/C30H25FN4O4S/c31-20-7-11-22(12-8-20)35-30-27(28(33-35)18-4-2-1-3-5-18)29(19-6-13-23-24(14-19)39-17-38-23)40-16-26(37)34(30)15-25(36)32-21-9-10-21/h1-8,11-14,21,29H,9-10,15-17H2,(H,32,36). The van der Waals surface area contributed by atoms with Crippen LogP contribution < -0.4 is 19.7 Å². The number of halogens is 1. The van der Waals surface area contributed by atoms with E-state index in [-0.39, 0.29) is 48.0 Å². The first kappa shape index (κ1) is 24.7. The normalized spacial score (nSPS) is 17.9. The summed E-state index contributed by atoms with van der Waals surface area (Å²) in [5, 5.41) is 7.71. The Labute approximate surface area is 234 Å². The monoisotopic (exact) mass is 556 g/mol. The molecule has 1 N–H and O–H groups in total. The molecule has 8 nitrogen and oxygen atoms in total. The van der Waals surface area contributed by atoms with E-state index in [2.05, 4.69) is 5.32 Å². The highest BCUT2D eigenvalue weighted by Crippen LogP contribution is 2.50. The summed E-state index contributed by atoms with van der Waals surface area (Å²) in [4.78, 5) is 28.3. The number of rotatable bonds is 6. The van der Waals surface area contributed by atoms with E-state index in [1.165, 1.54) is 28.8 Å². The van der Waals surface area contributed by atoms with Crippen LogP contribution in [0.4, 0.5) is 10.2 Å². The van der Waals surface area contributed by atoms with E-state index < -0.39 is 0 Å². The van der Waals surface area contributed by atoms with E-state index in [9.17, 15) is 14.0 Å². The number of hydrogen-bond acceptors (Lipinski definition) is 6. The van der Waals surface area contributed by atoms with Crippen molar-refractivity contribution in [1.29, 1.82) is 0 Å². The molecule has 0 bridgehead atoms. The molecule has 1 aromatic heterocycles. The number of hydrogen-bond donors (Lipinski definition) is 1. The van der Waals surface area contributed by atoms with Crippen molar-refractivity contribution in [2.75, 3.05) is 24.0 Å². The largest absolute Gasteiger partial charge is 0.454 e. The molecular weight excluding hydrogens is 531 g/mol. The maximum Gasteiger partial charge on any atom is 0.240 e. The van der Waals surface area contributed by atoms with Crippen LogP contribution in [0.3, 0.4) is 0 Å². The molecule has 1 aliphatic carbocycles. The first-order valence-corrected chi connectivity index (χ1v) is 14.1. The minimum absolute atomic E-state index is 0.141. The molecule has 1 atom stereocenters. The molecule has 0 radical (unpaired) electrons. The van der Waals surface area contributed by atoms with E-state index in [1.807, 2.05) is 48.5 Å². The molecule has 4 aromatic rings. The zero-order chi connectivity index (χ0) is 27.2. The molecule has 0 saturated heterocycles. The van der Waals surface area contributed by atoms with Gasteiger partial charge in [0.2, 0.25) is 18.6 Å². The van der Waals surface area contributed by atoms with Crippen LogP contribution in [0.2, 0.25) is 0 Å². The van der Waals surface area contributed by atoms with Gasteiger partial charge in [0, 0.05) is 17.2 Å². The Bertz CT molecular complexity index is 1600. The van der Waals surface area contributed by atoms with Crippen LogP contribution in [0.1, 0.15) is 29.2 Å². The Morgan fingerprint density at radius 3 is 2.58 bits per heavy atom. The number of thioether (sulfide) groups is 1. The minimum atomic E-state index is -0.379. The average molecular weight is 557 g/mol. The summed E-state index contributed by atoms with van der Waals surface area (Å²) in [7, 11) is 0. The van der Waals surface area contributed by atoms with Gasteiger partial charge in [-0.3, -0.25) is 14.5 Å². The van der Waals surface area contributed by atoms with Crippen molar-refractivity contribution in [1.82, 2.24) is 15.1 Å². The first-order chi connectivity index (χ1) is 19.5. The van der Waals surface area contributed by atoms with Crippen molar-refractivity contribution >= 4 is 29.4 Å². The van der Waals surface area contributed by atoms with Crippen LogP contribution in [0.25, 0.3) is 16.9 Å². The third-order valence-corrected chi connectivity index (χ3v) is 8.41. The van der Waals surface area contributed by atoms with Crippen molar-refractivity contribution in [2.24, 2.45) is 0 Å². The van der Waals surface area contributed by atoms with Crippen LogP contribution in [0.15, 0.2) is 72.8 Å². The number of aromatic nitrogens is 2. The number of nitrogens with one attached hydrogen (secondary N) is 1. The van der Waals surface area contributed by atoms with Crippen LogP contribution in [0, 0.1) is 5.82 Å². The van der Waals surface area contributed by atoms with Crippen LogP contribution in [-0.2, 0) is 9.59 Å². The van der Waals surface area contributed by atoms with Crippen LogP contribution >= 0.6 is 11.8 Å². The van der Waals surface area contributed by atoms with E-state index in [4.69, 9.17) is 14.6 Å². The molecule has 3 heterocycles. The summed E-state index contributed by atoms with van der Waals surface area (Å²) in [5.74, 6) is 1.15. The lowest BCUT2D eigenvalue weighted by Gasteiger charge is -2.23. The van der Waals surface area contributed by atoms with E-state index in [1.54, 1.807) is 16.8 Å². The third-order valence-electron chi connectivity index (χ3n) is 7.15. The number of nitrogens with zero attached hydrogens (tertiary/aromatic N) is 3. The molecule has 2 aliphatic heterocycles. The number of ether oxygens (including phenoxy) is 2. The lowest BCUT2D eigenvalue weighted by atomic mass is 9.99. The fourth-order valence-electron chi connectivity index (χ4n) is 5.07. The van der Waals surface area contributed by atoms with Gasteiger partial charge in [-0.25, -0.2) is 9.07 Å². The minimum Gasteiger partial charge on any atom is -0.454 e. The SMILES string of the molecule is O=C(CN1C(=O)CSC(c2ccc3c(c2)OCO3)c2c(-c3ccccc3)nn(-c3ccc(F)cc3)c21)NC1CC1. The lowest BCUT2D eigenvalue weighted by Crippen LogP contribution is -2.43. The Kier molecular flexibility index (Phi) is 6.19. The number of anilines is 1. The molecular formula is C30H25FN4O4S. The Morgan fingerprint density at radius 2 is 1.80 bits per heavy atom. The van der Waals surface area contributed by atoms with Gasteiger partial charge in [0.05, 0.1) is 22.4 Å². The summed E-state index contributed by atoms with van der Waals surface area (Å²) in [6.07, 6.45) is 1.89. The van der Waals surface area contributed by atoms with Gasteiger partial charge in [0.15, 0.2) is 11.5 Å². The quantitative estimate of drug-likeness (QED) is 0.365. The summed E-state index contributed by atoms with van der Waals surface area (Å²) >= 11 is 1.48.